The Morgan fingerprint density at radius 3 is 1.82 bits per heavy atom. The molecule has 5 heteroatoms. The maximum Gasteiger partial charge on any atom is 0.160 e. The summed E-state index contributed by atoms with van der Waals surface area (Å²) in [6.45, 7) is 0. The molecule has 11 rings (SSSR count). The van der Waals surface area contributed by atoms with Crippen molar-refractivity contribution in [3.8, 4) is 67.3 Å². The quantitative estimate of drug-likeness (QED) is 0.171. The van der Waals surface area contributed by atoms with Gasteiger partial charge in [0.05, 0.1) is 11.4 Å². The topological polar surface area (TPSA) is 51.8 Å². The minimum Gasteiger partial charge on any atom is -0.455 e. The number of fused-ring (bicyclic) bond motifs is 6. The van der Waals surface area contributed by atoms with Gasteiger partial charge in [0, 0.05) is 60.0 Å². The van der Waals surface area contributed by atoms with Crippen molar-refractivity contribution in [2.24, 2.45) is 0 Å². The zero-order valence-electron chi connectivity index (χ0n) is 30.1. The molecule has 4 aromatic heterocycles. The van der Waals surface area contributed by atoms with Crippen LogP contribution in [0.3, 0.4) is 0 Å². The normalized spacial score (nSPS) is 11.6. The molecule has 0 radical (unpaired) electrons. The SMILES string of the molecule is c1ccc(-c2cc(-c3ccc(-c4ccc5sc6ccccc6c5c4)c4c3oc3ccccc34)nc(-c3ccc(-c4ccc(-c5cccnc5)cc4)cc3)n2)cc1. The third-order valence-electron chi connectivity index (χ3n) is 10.6. The molecule has 4 nitrogen and oxygen atoms in total. The van der Waals surface area contributed by atoms with Crippen molar-refractivity contribution in [2.45, 2.75) is 0 Å². The Morgan fingerprint density at radius 2 is 1.04 bits per heavy atom. The smallest absolute Gasteiger partial charge is 0.160 e. The fourth-order valence-corrected chi connectivity index (χ4v) is 8.92. The number of nitrogens with zero attached hydrogens (tertiary/aromatic N) is 3. The van der Waals surface area contributed by atoms with E-state index in [9.17, 15) is 0 Å². The van der Waals surface area contributed by atoms with E-state index in [0.717, 1.165) is 83.4 Å². The van der Waals surface area contributed by atoms with Crippen LogP contribution in [0.15, 0.2) is 193 Å². The van der Waals surface area contributed by atoms with Crippen LogP contribution in [-0.4, -0.2) is 15.0 Å². The summed E-state index contributed by atoms with van der Waals surface area (Å²) >= 11 is 1.84. The van der Waals surface area contributed by atoms with Crippen molar-refractivity contribution in [1.29, 1.82) is 0 Å². The molecule has 0 atom stereocenters. The van der Waals surface area contributed by atoms with Gasteiger partial charge in [-0.15, -0.1) is 11.3 Å². The summed E-state index contributed by atoms with van der Waals surface area (Å²) < 4.78 is 9.36. The number of furan rings is 1. The largest absolute Gasteiger partial charge is 0.455 e. The van der Waals surface area contributed by atoms with Crippen LogP contribution >= 0.6 is 11.3 Å². The fourth-order valence-electron chi connectivity index (χ4n) is 7.84. The highest BCUT2D eigenvalue weighted by molar-refractivity contribution is 7.25. The molecule has 0 fully saturated rings. The third-order valence-corrected chi connectivity index (χ3v) is 11.8. The number of hydrogen-bond donors (Lipinski definition) is 0. The predicted molar refractivity (Wildman–Crippen MR) is 233 cm³/mol. The van der Waals surface area contributed by atoms with E-state index in [2.05, 4.69) is 145 Å². The van der Waals surface area contributed by atoms with Crippen molar-refractivity contribution in [2.75, 3.05) is 0 Å². The highest BCUT2D eigenvalue weighted by Crippen LogP contribution is 2.44. The van der Waals surface area contributed by atoms with Gasteiger partial charge in [-0.1, -0.05) is 133 Å². The summed E-state index contributed by atoms with van der Waals surface area (Å²) in [5, 5.41) is 4.72. The maximum absolute atomic E-state index is 6.77. The molecule has 7 aromatic carbocycles. The number of pyridine rings is 1. The number of para-hydroxylation sites is 1. The van der Waals surface area contributed by atoms with Crippen LogP contribution in [0.4, 0.5) is 0 Å². The Hall–Kier alpha value is -7.21. The van der Waals surface area contributed by atoms with Crippen LogP contribution in [0.5, 0.6) is 0 Å². The first-order valence-corrected chi connectivity index (χ1v) is 19.5. The summed E-state index contributed by atoms with van der Waals surface area (Å²) in [6.07, 6.45) is 3.69. The van der Waals surface area contributed by atoms with Crippen molar-refractivity contribution in [3.63, 3.8) is 0 Å². The van der Waals surface area contributed by atoms with Crippen LogP contribution in [-0.2, 0) is 0 Å². The molecule has 56 heavy (non-hydrogen) atoms. The summed E-state index contributed by atoms with van der Waals surface area (Å²) in [5.41, 5.74) is 13.0. The van der Waals surface area contributed by atoms with Gasteiger partial charge in [0.15, 0.2) is 5.82 Å². The zero-order valence-corrected chi connectivity index (χ0v) is 30.9. The number of thiophene rings is 1. The average molecular weight is 734 g/mol. The van der Waals surface area contributed by atoms with E-state index in [0.29, 0.717) is 5.82 Å². The molecule has 0 aliphatic carbocycles. The lowest BCUT2D eigenvalue weighted by molar-refractivity contribution is 0.670. The summed E-state index contributed by atoms with van der Waals surface area (Å²) in [4.78, 5) is 14.7. The minimum absolute atomic E-state index is 0.656. The molecule has 4 heterocycles. The zero-order chi connectivity index (χ0) is 37.0. The summed E-state index contributed by atoms with van der Waals surface area (Å²) in [5.74, 6) is 0.656. The molecule has 0 aliphatic heterocycles. The Morgan fingerprint density at radius 1 is 0.411 bits per heavy atom. The van der Waals surface area contributed by atoms with Crippen LogP contribution in [0, 0.1) is 0 Å². The van der Waals surface area contributed by atoms with Crippen LogP contribution in [0.1, 0.15) is 0 Å². The lowest BCUT2D eigenvalue weighted by Crippen LogP contribution is -1.96. The number of rotatable bonds is 6. The number of hydrogen-bond acceptors (Lipinski definition) is 5. The molecule has 0 spiro atoms. The molecular formula is C51H31N3OS. The average Bonchev–Trinajstić information content (AvgIpc) is 3.85. The first kappa shape index (κ1) is 32.2. The van der Waals surface area contributed by atoms with E-state index < -0.39 is 0 Å². The molecule has 0 amide bonds. The van der Waals surface area contributed by atoms with E-state index in [1.54, 1.807) is 6.20 Å². The standard InChI is InChI=1S/C51H31N3OS/c1-2-9-35(10-3-1)44-30-45(54-51(53-44)36-22-20-33(21-23-36)32-16-18-34(19-17-32)38-11-8-28-52-31-38)41-26-25-39(49-42-13-4-6-14-46(42)55-50(41)49)37-24-27-48-43(29-37)40-12-5-7-15-47(40)56-48/h1-31H. The molecule has 0 unspecified atom stereocenters. The molecular weight excluding hydrogens is 703 g/mol. The van der Waals surface area contributed by atoms with Gasteiger partial charge in [-0.25, -0.2) is 9.97 Å². The van der Waals surface area contributed by atoms with E-state index in [1.807, 2.05) is 53.9 Å². The van der Waals surface area contributed by atoms with E-state index in [4.69, 9.17) is 14.4 Å². The van der Waals surface area contributed by atoms with E-state index >= 15 is 0 Å². The second-order valence-electron chi connectivity index (χ2n) is 14.0. The van der Waals surface area contributed by atoms with Gasteiger partial charge in [0.1, 0.15) is 11.2 Å². The van der Waals surface area contributed by atoms with Gasteiger partial charge >= 0.3 is 0 Å². The van der Waals surface area contributed by atoms with Gasteiger partial charge in [-0.3, -0.25) is 4.98 Å². The van der Waals surface area contributed by atoms with Crippen LogP contribution in [0.25, 0.3) is 109 Å². The lowest BCUT2D eigenvalue weighted by Gasteiger charge is -2.12. The predicted octanol–water partition coefficient (Wildman–Crippen LogP) is 14.1. The lowest BCUT2D eigenvalue weighted by atomic mass is 9.95. The number of benzene rings is 7. The molecule has 0 saturated heterocycles. The van der Waals surface area contributed by atoms with Crippen molar-refractivity contribution in [1.82, 2.24) is 15.0 Å². The second-order valence-corrected chi connectivity index (χ2v) is 15.1. The van der Waals surface area contributed by atoms with Gasteiger partial charge in [0.25, 0.3) is 0 Å². The Kier molecular flexibility index (Phi) is 7.64. The molecule has 0 saturated carbocycles. The highest BCUT2D eigenvalue weighted by atomic mass is 32.1. The van der Waals surface area contributed by atoms with Gasteiger partial charge < -0.3 is 4.42 Å². The first-order valence-electron chi connectivity index (χ1n) is 18.7. The van der Waals surface area contributed by atoms with E-state index in [-0.39, 0.29) is 0 Å². The Labute approximate surface area is 327 Å². The van der Waals surface area contributed by atoms with E-state index in [1.165, 1.54) is 20.2 Å². The highest BCUT2D eigenvalue weighted by Gasteiger charge is 2.20. The van der Waals surface area contributed by atoms with Crippen molar-refractivity contribution < 1.29 is 4.42 Å². The molecule has 262 valence electrons. The van der Waals surface area contributed by atoms with Crippen LogP contribution in [0.2, 0.25) is 0 Å². The fraction of sp³-hybridized carbons (Fsp3) is 0. The molecule has 0 bridgehead atoms. The van der Waals surface area contributed by atoms with Gasteiger partial charge in [-0.05, 0) is 75.8 Å². The van der Waals surface area contributed by atoms with Crippen molar-refractivity contribution >= 4 is 53.4 Å². The second kappa shape index (κ2) is 13.3. The van der Waals surface area contributed by atoms with Gasteiger partial charge in [0.2, 0.25) is 0 Å². The van der Waals surface area contributed by atoms with Gasteiger partial charge in [-0.2, -0.15) is 0 Å². The van der Waals surface area contributed by atoms with Crippen LogP contribution < -0.4 is 0 Å². The minimum atomic E-state index is 0.656. The summed E-state index contributed by atoms with van der Waals surface area (Å²) in [7, 11) is 0. The monoisotopic (exact) mass is 733 g/mol. The third kappa shape index (κ3) is 5.56. The molecule has 0 aliphatic rings. The molecule has 0 N–H and O–H groups in total. The summed E-state index contributed by atoms with van der Waals surface area (Å²) in [6, 6.07) is 61.7. The van der Waals surface area contributed by atoms with Crippen molar-refractivity contribution in [3.05, 3.63) is 188 Å². The first-order chi connectivity index (χ1) is 27.7. The Balaban J connectivity index is 1.04. The molecule has 11 aromatic rings. The maximum atomic E-state index is 6.77. The Bertz CT molecular complexity index is 3220. The number of aromatic nitrogens is 3.